The van der Waals surface area contributed by atoms with Gasteiger partial charge < -0.3 is 10.6 Å². The number of carbonyl (C=O) groups excluding carboxylic acids is 1. The molecule has 0 aliphatic heterocycles. The molecule has 0 radical (unpaired) electrons. The molecule has 7 heteroatoms. The fraction of sp³-hybridized carbons (Fsp3) is 0.316. The normalized spacial score (nSPS) is 13.8. The molecule has 0 bridgehead atoms. The quantitative estimate of drug-likeness (QED) is 0.711. The van der Waals surface area contributed by atoms with Crippen molar-refractivity contribution in [3.05, 3.63) is 58.6 Å². The number of benzene rings is 1. The average Bonchev–Trinajstić information content (AvgIpc) is 2.66. The molecule has 0 saturated heterocycles. The van der Waals surface area contributed by atoms with Crippen molar-refractivity contribution >= 4 is 29.1 Å². The second-order valence-electron chi connectivity index (χ2n) is 6.13. The summed E-state index contributed by atoms with van der Waals surface area (Å²) in [4.78, 5) is 20.7. The number of nitrogens with one attached hydrogen (secondary N) is 2. The van der Waals surface area contributed by atoms with Gasteiger partial charge in [0.15, 0.2) is 0 Å². The molecule has 3 rings (SSSR count). The van der Waals surface area contributed by atoms with Gasteiger partial charge in [-0.15, -0.1) is 0 Å². The summed E-state index contributed by atoms with van der Waals surface area (Å²) in [6.45, 7) is 0.727. The van der Waals surface area contributed by atoms with Crippen molar-refractivity contribution in [3.63, 3.8) is 0 Å². The van der Waals surface area contributed by atoms with Crippen molar-refractivity contribution in [2.45, 2.75) is 32.1 Å². The van der Waals surface area contributed by atoms with Gasteiger partial charge in [0.1, 0.15) is 11.5 Å². The minimum absolute atomic E-state index is 0.0511. The highest BCUT2D eigenvalue weighted by atomic mass is 35.5. The number of halogens is 2. The number of carbonyl (C=O) groups is 1. The van der Waals surface area contributed by atoms with E-state index in [0.29, 0.717) is 11.6 Å². The fourth-order valence-electron chi connectivity index (χ4n) is 2.81. The summed E-state index contributed by atoms with van der Waals surface area (Å²) in [5.41, 5.74) is 2.09. The molecule has 136 valence electrons. The molecule has 1 aromatic carbocycles. The Labute approximate surface area is 156 Å². The minimum atomic E-state index is -0.536. The van der Waals surface area contributed by atoms with Crippen LogP contribution in [0, 0.1) is 5.82 Å². The van der Waals surface area contributed by atoms with Crippen LogP contribution in [0.5, 0.6) is 0 Å². The lowest BCUT2D eigenvalue weighted by atomic mass is 9.97. The van der Waals surface area contributed by atoms with E-state index in [2.05, 4.69) is 26.7 Å². The number of rotatable bonds is 6. The summed E-state index contributed by atoms with van der Waals surface area (Å²) in [5.74, 6) is -0.536. The summed E-state index contributed by atoms with van der Waals surface area (Å²) >= 11 is 5.72. The Morgan fingerprint density at radius 1 is 1.27 bits per heavy atom. The summed E-state index contributed by atoms with van der Waals surface area (Å²) in [7, 11) is 0. The fourth-order valence-corrected chi connectivity index (χ4v) is 2.99. The molecule has 1 amide bonds. The van der Waals surface area contributed by atoms with Gasteiger partial charge in [0, 0.05) is 18.4 Å². The number of aromatic nitrogens is 2. The van der Waals surface area contributed by atoms with Crippen molar-refractivity contribution in [1.82, 2.24) is 9.97 Å². The van der Waals surface area contributed by atoms with Crippen molar-refractivity contribution in [1.29, 1.82) is 0 Å². The monoisotopic (exact) mass is 374 g/mol. The molecule has 0 unspecified atom stereocenters. The third-order valence-electron chi connectivity index (χ3n) is 4.18. The van der Waals surface area contributed by atoms with Crippen LogP contribution in [0.2, 0.25) is 5.02 Å². The van der Waals surface area contributed by atoms with Crippen LogP contribution in [0.15, 0.2) is 42.1 Å². The number of allylic oxidation sites excluding steroid dienone is 1. The van der Waals surface area contributed by atoms with Gasteiger partial charge in [0.05, 0.1) is 5.02 Å². The Balaban J connectivity index is 1.58. The van der Waals surface area contributed by atoms with Crippen LogP contribution in [-0.2, 0) is 0 Å². The molecular weight excluding hydrogens is 355 g/mol. The predicted octanol–water partition coefficient (Wildman–Crippen LogP) is 4.82. The van der Waals surface area contributed by atoms with Gasteiger partial charge in [-0.25, -0.2) is 14.4 Å². The molecular formula is C19H20ClFN4O. The van der Waals surface area contributed by atoms with Crippen LogP contribution in [-0.4, -0.2) is 22.4 Å². The van der Waals surface area contributed by atoms with E-state index >= 15 is 0 Å². The number of nitrogens with zero attached hydrogens (tertiary/aromatic N) is 2. The molecule has 1 aliphatic rings. The lowest BCUT2D eigenvalue weighted by Gasteiger charge is -2.13. The van der Waals surface area contributed by atoms with Crippen LogP contribution >= 0.6 is 11.6 Å². The third-order valence-corrected chi connectivity index (χ3v) is 4.47. The van der Waals surface area contributed by atoms with Crippen molar-refractivity contribution in [3.8, 4) is 0 Å². The van der Waals surface area contributed by atoms with Gasteiger partial charge >= 0.3 is 0 Å². The highest BCUT2D eigenvalue weighted by Gasteiger charge is 2.11. The first-order chi connectivity index (χ1) is 12.6. The molecule has 0 saturated carbocycles. The van der Waals surface area contributed by atoms with Gasteiger partial charge in [-0.1, -0.05) is 23.3 Å². The number of anilines is 2. The molecule has 26 heavy (non-hydrogen) atoms. The first-order valence-corrected chi connectivity index (χ1v) is 9.01. The predicted molar refractivity (Wildman–Crippen MR) is 101 cm³/mol. The maximum Gasteiger partial charge on any atom is 0.274 e. The van der Waals surface area contributed by atoms with E-state index in [4.69, 9.17) is 11.6 Å². The Hall–Kier alpha value is -2.47. The summed E-state index contributed by atoms with van der Waals surface area (Å²) in [5, 5.41) is 5.75. The first-order valence-electron chi connectivity index (χ1n) is 8.63. The number of hydrogen-bond donors (Lipinski definition) is 2. The van der Waals surface area contributed by atoms with Gasteiger partial charge in [0.25, 0.3) is 5.91 Å². The minimum Gasteiger partial charge on any atom is -0.354 e. The molecule has 0 fully saturated rings. The first kappa shape index (κ1) is 18.3. The highest BCUT2D eigenvalue weighted by Crippen LogP contribution is 2.21. The average molecular weight is 375 g/mol. The van der Waals surface area contributed by atoms with E-state index in [-0.39, 0.29) is 10.7 Å². The van der Waals surface area contributed by atoms with Crippen LogP contribution in [0.3, 0.4) is 0 Å². The van der Waals surface area contributed by atoms with Crippen LogP contribution < -0.4 is 10.6 Å². The van der Waals surface area contributed by atoms with Crippen LogP contribution in [0.1, 0.15) is 42.6 Å². The number of amides is 1. The van der Waals surface area contributed by atoms with Gasteiger partial charge in [0.2, 0.25) is 5.95 Å². The lowest BCUT2D eigenvalue weighted by molar-refractivity contribution is 0.102. The van der Waals surface area contributed by atoms with E-state index < -0.39 is 11.7 Å². The Morgan fingerprint density at radius 2 is 2.15 bits per heavy atom. The van der Waals surface area contributed by atoms with Gasteiger partial charge in [-0.3, -0.25) is 4.79 Å². The maximum atomic E-state index is 13.2. The summed E-state index contributed by atoms with van der Waals surface area (Å²) in [6.07, 6.45) is 9.64. The zero-order valence-corrected chi connectivity index (χ0v) is 15.0. The smallest absolute Gasteiger partial charge is 0.274 e. The van der Waals surface area contributed by atoms with Crippen molar-refractivity contribution in [2.75, 3.05) is 17.2 Å². The Morgan fingerprint density at radius 3 is 2.92 bits per heavy atom. The van der Waals surface area contributed by atoms with Gasteiger partial charge in [-0.2, -0.15) is 0 Å². The van der Waals surface area contributed by atoms with Crippen LogP contribution in [0.4, 0.5) is 16.0 Å². The molecule has 2 N–H and O–H groups in total. The molecule has 0 atom stereocenters. The Bertz CT molecular complexity index is 825. The molecule has 1 aliphatic carbocycles. The van der Waals surface area contributed by atoms with Crippen LogP contribution in [0.25, 0.3) is 0 Å². The van der Waals surface area contributed by atoms with E-state index in [1.165, 1.54) is 48.9 Å². The molecule has 2 aromatic rings. The molecule has 1 heterocycles. The summed E-state index contributed by atoms with van der Waals surface area (Å²) < 4.78 is 13.2. The maximum absolute atomic E-state index is 13.2. The molecule has 5 nitrogen and oxygen atoms in total. The zero-order valence-electron chi connectivity index (χ0n) is 14.3. The summed E-state index contributed by atoms with van der Waals surface area (Å²) in [6, 6.07) is 5.52. The van der Waals surface area contributed by atoms with E-state index in [1.54, 1.807) is 0 Å². The SMILES string of the molecule is O=C(Nc1ccc(F)c(Cl)c1)c1ccnc(NCCC2=CCCCC2)n1. The zero-order chi connectivity index (χ0) is 18.4. The number of hydrogen-bond acceptors (Lipinski definition) is 4. The van der Waals surface area contributed by atoms with E-state index in [9.17, 15) is 9.18 Å². The molecule has 1 aromatic heterocycles. The third kappa shape index (κ3) is 5.02. The highest BCUT2D eigenvalue weighted by molar-refractivity contribution is 6.31. The second kappa shape index (κ2) is 8.76. The van der Waals surface area contributed by atoms with Crippen molar-refractivity contribution < 1.29 is 9.18 Å². The standard InChI is InChI=1S/C19H20ClFN4O/c20-15-12-14(6-7-16(15)21)24-18(26)17-9-11-23-19(25-17)22-10-8-13-4-2-1-3-5-13/h4,6-7,9,11-12H,1-3,5,8,10H2,(H,24,26)(H,22,23,25). The van der Waals surface area contributed by atoms with Gasteiger partial charge in [-0.05, 0) is 56.4 Å². The van der Waals surface area contributed by atoms with E-state index in [1.807, 2.05) is 0 Å². The largest absolute Gasteiger partial charge is 0.354 e. The molecule has 0 spiro atoms. The lowest BCUT2D eigenvalue weighted by Crippen LogP contribution is -2.16. The van der Waals surface area contributed by atoms with E-state index in [0.717, 1.165) is 25.8 Å². The Kier molecular flexibility index (Phi) is 6.17. The topological polar surface area (TPSA) is 66.9 Å². The second-order valence-corrected chi connectivity index (χ2v) is 6.54. The van der Waals surface area contributed by atoms with Crippen molar-refractivity contribution in [2.24, 2.45) is 0 Å².